The van der Waals surface area contributed by atoms with Gasteiger partial charge in [-0.25, -0.2) is 8.42 Å². The molecule has 0 bridgehead atoms. The van der Waals surface area contributed by atoms with E-state index in [2.05, 4.69) is 9.82 Å². The normalized spacial score (nSPS) is 11.5. The summed E-state index contributed by atoms with van der Waals surface area (Å²) in [6, 6.07) is 13.5. The van der Waals surface area contributed by atoms with Crippen molar-refractivity contribution in [1.29, 1.82) is 0 Å². The Morgan fingerprint density at radius 3 is 2.42 bits per heavy atom. The van der Waals surface area contributed by atoms with E-state index in [-0.39, 0.29) is 4.90 Å². The molecule has 2 aromatic carbocycles. The number of sulfonamides is 1. The van der Waals surface area contributed by atoms with E-state index in [1.165, 1.54) is 0 Å². The number of nitrogens with one attached hydrogen (secondary N) is 1. The molecule has 26 heavy (non-hydrogen) atoms. The van der Waals surface area contributed by atoms with Gasteiger partial charge in [0.25, 0.3) is 10.0 Å². The van der Waals surface area contributed by atoms with E-state index >= 15 is 0 Å². The second-order valence-corrected chi connectivity index (χ2v) is 8.38. The zero-order valence-electron chi connectivity index (χ0n) is 14.2. The minimum Gasteiger partial charge on any atom is -0.276 e. The van der Waals surface area contributed by atoms with Crippen molar-refractivity contribution >= 4 is 38.9 Å². The third-order valence-electron chi connectivity index (χ3n) is 4.01. The van der Waals surface area contributed by atoms with Gasteiger partial charge in [-0.15, -0.1) is 0 Å². The number of rotatable bonds is 5. The van der Waals surface area contributed by atoms with Gasteiger partial charge >= 0.3 is 0 Å². The predicted octanol–water partition coefficient (Wildman–Crippen LogP) is 4.66. The van der Waals surface area contributed by atoms with E-state index < -0.39 is 10.0 Å². The summed E-state index contributed by atoms with van der Waals surface area (Å²) in [5.74, 6) is 0. The lowest BCUT2D eigenvalue weighted by atomic mass is 10.2. The molecule has 0 aliphatic rings. The van der Waals surface area contributed by atoms with Crippen LogP contribution in [0.25, 0.3) is 0 Å². The maximum atomic E-state index is 12.6. The van der Waals surface area contributed by atoms with Crippen molar-refractivity contribution in [3.8, 4) is 0 Å². The van der Waals surface area contributed by atoms with E-state index in [0.29, 0.717) is 33.7 Å². The van der Waals surface area contributed by atoms with Crippen LogP contribution in [-0.4, -0.2) is 18.2 Å². The van der Waals surface area contributed by atoms with Crippen LogP contribution in [0.5, 0.6) is 0 Å². The van der Waals surface area contributed by atoms with Crippen molar-refractivity contribution in [3.63, 3.8) is 0 Å². The highest BCUT2D eigenvalue weighted by Gasteiger charge is 2.20. The fraction of sp³-hybridized carbons (Fsp3) is 0.167. The molecule has 0 unspecified atom stereocenters. The van der Waals surface area contributed by atoms with E-state index in [4.69, 9.17) is 23.2 Å². The molecule has 136 valence electrons. The van der Waals surface area contributed by atoms with Crippen molar-refractivity contribution < 1.29 is 8.42 Å². The minimum atomic E-state index is -3.68. The largest absolute Gasteiger partial charge is 0.276 e. The first-order valence-corrected chi connectivity index (χ1v) is 10.1. The first-order chi connectivity index (χ1) is 12.3. The molecule has 5 nitrogen and oxygen atoms in total. The fourth-order valence-electron chi connectivity index (χ4n) is 2.60. The van der Waals surface area contributed by atoms with Gasteiger partial charge in [0.15, 0.2) is 0 Å². The van der Waals surface area contributed by atoms with E-state index in [1.54, 1.807) is 54.1 Å². The van der Waals surface area contributed by atoms with Gasteiger partial charge in [0, 0.05) is 10.0 Å². The number of aromatic nitrogens is 2. The zero-order valence-corrected chi connectivity index (χ0v) is 16.5. The molecule has 3 rings (SSSR count). The number of benzene rings is 2. The molecule has 0 amide bonds. The number of anilines is 1. The van der Waals surface area contributed by atoms with Crippen LogP contribution in [0.2, 0.25) is 10.0 Å². The maximum Gasteiger partial charge on any atom is 0.262 e. The van der Waals surface area contributed by atoms with Gasteiger partial charge in [-0.3, -0.25) is 9.40 Å². The van der Waals surface area contributed by atoms with Crippen molar-refractivity contribution in [2.24, 2.45) is 0 Å². The van der Waals surface area contributed by atoms with Crippen molar-refractivity contribution in [1.82, 2.24) is 9.78 Å². The average Bonchev–Trinajstić information content (AvgIpc) is 2.85. The average molecular weight is 410 g/mol. The van der Waals surface area contributed by atoms with Crippen LogP contribution in [0, 0.1) is 13.8 Å². The third kappa shape index (κ3) is 3.87. The highest BCUT2D eigenvalue weighted by atomic mass is 35.5. The molecule has 3 aromatic rings. The Morgan fingerprint density at radius 1 is 1.08 bits per heavy atom. The molecule has 0 saturated carbocycles. The molecule has 1 aromatic heterocycles. The highest BCUT2D eigenvalue weighted by molar-refractivity contribution is 7.92. The second kappa shape index (κ2) is 7.31. The number of hydrogen-bond donors (Lipinski definition) is 1. The van der Waals surface area contributed by atoms with Crippen LogP contribution >= 0.6 is 23.2 Å². The maximum absolute atomic E-state index is 12.6. The van der Waals surface area contributed by atoms with Gasteiger partial charge in [0.2, 0.25) is 0 Å². The van der Waals surface area contributed by atoms with Crippen LogP contribution in [0.3, 0.4) is 0 Å². The Balaban J connectivity index is 1.91. The minimum absolute atomic E-state index is 0.201. The zero-order chi connectivity index (χ0) is 18.9. The van der Waals surface area contributed by atoms with Gasteiger partial charge < -0.3 is 0 Å². The first-order valence-electron chi connectivity index (χ1n) is 7.84. The van der Waals surface area contributed by atoms with Crippen LogP contribution in [0.4, 0.5) is 5.69 Å². The third-order valence-corrected chi connectivity index (χ3v) is 5.96. The Morgan fingerprint density at radius 2 is 1.77 bits per heavy atom. The lowest BCUT2D eigenvalue weighted by Gasteiger charge is -2.10. The van der Waals surface area contributed by atoms with Gasteiger partial charge in [0.1, 0.15) is 0 Å². The van der Waals surface area contributed by atoms with Crippen LogP contribution in [-0.2, 0) is 16.6 Å². The summed E-state index contributed by atoms with van der Waals surface area (Å²) < 4.78 is 29.5. The Hall–Kier alpha value is -2.02. The van der Waals surface area contributed by atoms with Crippen molar-refractivity contribution in [3.05, 3.63) is 75.5 Å². The van der Waals surface area contributed by atoms with Crippen molar-refractivity contribution in [2.75, 3.05) is 4.72 Å². The predicted molar refractivity (Wildman–Crippen MR) is 105 cm³/mol. The highest BCUT2D eigenvalue weighted by Crippen LogP contribution is 2.26. The molecule has 1 heterocycles. The Labute approximate surface area is 162 Å². The molecule has 0 fully saturated rings. The summed E-state index contributed by atoms with van der Waals surface area (Å²) in [5.41, 5.74) is 2.61. The van der Waals surface area contributed by atoms with Gasteiger partial charge in [0.05, 0.1) is 28.5 Å². The number of nitrogens with zero attached hydrogens (tertiary/aromatic N) is 2. The Kier molecular flexibility index (Phi) is 5.27. The quantitative estimate of drug-likeness (QED) is 0.666. The van der Waals surface area contributed by atoms with Crippen LogP contribution in [0.15, 0.2) is 53.4 Å². The van der Waals surface area contributed by atoms with E-state index in [1.807, 2.05) is 13.0 Å². The molecule has 0 radical (unpaired) electrons. The summed E-state index contributed by atoms with van der Waals surface area (Å²) in [5, 5.41) is 5.54. The summed E-state index contributed by atoms with van der Waals surface area (Å²) in [6.45, 7) is 3.98. The van der Waals surface area contributed by atoms with E-state index in [9.17, 15) is 8.42 Å². The van der Waals surface area contributed by atoms with Gasteiger partial charge in [-0.05, 0) is 43.7 Å². The summed E-state index contributed by atoms with van der Waals surface area (Å²) >= 11 is 12.2. The molecule has 0 aliphatic carbocycles. The van der Waals surface area contributed by atoms with E-state index in [0.717, 1.165) is 5.56 Å². The smallest absolute Gasteiger partial charge is 0.262 e. The van der Waals surface area contributed by atoms with Gasteiger partial charge in [-0.2, -0.15) is 5.10 Å². The van der Waals surface area contributed by atoms with Gasteiger partial charge in [-0.1, -0.05) is 47.5 Å². The molecular weight excluding hydrogens is 393 g/mol. The number of halogens is 2. The standard InChI is InChI=1S/C18H17Cl2N3O2S/c1-12-18(22-26(24,25)16-6-4-3-5-7-16)13(2)23(21-12)11-14-8-9-15(19)10-17(14)20/h3-10,22H,11H2,1-2H3. The fourth-order valence-corrected chi connectivity index (χ4v) is 4.27. The summed E-state index contributed by atoms with van der Waals surface area (Å²) in [6.07, 6.45) is 0. The number of aryl methyl sites for hydroxylation is 1. The monoisotopic (exact) mass is 409 g/mol. The topological polar surface area (TPSA) is 64.0 Å². The second-order valence-electron chi connectivity index (χ2n) is 5.86. The first kappa shape index (κ1) is 18.8. The molecule has 0 spiro atoms. The van der Waals surface area contributed by atoms with Crippen LogP contribution < -0.4 is 4.72 Å². The molecule has 0 saturated heterocycles. The Bertz CT molecular complexity index is 1050. The number of hydrogen-bond acceptors (Lipinski definition) is 3. The summed E-state index contributed by atoms with van der Waals surface area (Å²) in [7, 11) is -3.68. The molecule has 8 heteroatoms. The molecule has 0 atom stereocenters. The molecule has 0 aliphatic heterocycles. The molecule has 1 N–H and O–H groups in total. The summed E-state index contributed by atoms with van der Waals surface area (Å²) in [4.78, 5) is 0.201. The molecular formula is C18H17Cl2N3O2S. The lowest BCUT2D eigenvalue weighted by Crippen LogP contribution is -2.14. The lowest BCUT2D eigenvalue weighted by molar-refractivity contribution is 0.601. The van der Waals surface area contributed by atoms with Crippen molar-refractivity contribution in [2.45, 2.75) is 25.3 Å². The van der Waals surface area contributed by atoms with Crippen LogP contribution in [0.1, 0.15) is 17.0 Å². The SMILES string of the molecule is Cc1nn(Cc2ccc(Cl)cc2Cl)c(C)c1NS(=O)(=O)c1ccccc1.